The number of aromatic nitrogens is 1. The smallest absolute Gasteiger partial charge is 0.407 e. The highest BCUT2D eigenvalue weighted by atomic mass is 16.5. The average Bonchev–Trinajstić information content (AvgIpc) is 2.92. The molecule has 1 aliphatic carbocycles. The summed E-state index contributed by atoms with van der Waals surface area (Å²) in [6, 6.07) is 13.1. The van der Waals surface area contributed by atoms with Crippen LogP contribution >= 0.6 is 0 Å². The molecule has 3 aliphatic rings. The van der Waals surface area contributed by atoms with Gasteiger partial charge in [-0.15, -0.1) is 0 Å². The van der Waals surface area contributed by atoms with Crippen molar-refractivity contribution >= 4 is 6.09 Å². The molecule has 0 unspecified atom stereocenters. The minimum absolute atomic E-state index is 0.0831. The van der Waals surface area contributed by atoms with E-state index >= 15 is 0 Å². The molecular weight excluding hydrogens is 452 g/mol. The van der Waals surface area contributed by atoms with E-state index in [0.29, 0.717) is 19.1 Å². The van der Waals surface area contributed by atoms with Gasteiger partial charge in [0.05, 0.1) is 17.8 Å². The third-order valence-electron chi connectivity index (χ3n) is 7.90. The van der Waals surface area contributed by atoms with Crippen molar-refractivity contribution in [2.75, 3.05) is 32.8 Å². The van der Waals surface area contributed by atoms with Crippen LogP contribution in [0.3, 0.4) is 0 Å². The Balaban J connectivity index is 1.32. The summed E-state index contributed by atoms with van der Waals surface area (Å²) < 4.78 is 5.46. The molecule has 5 rings (SSSR count). The first kappa shape index (κ1) is 24.9. The number of amides is 1. The van der Waals surface area contributed by atoms with E-state index in [4.69, 9.17) is 9.72 Å². The molecule has 36 heavy (non-hydrogen) atoms. The molecule has 2 aromatic rings. The molecule has 7 nitrogen and oxygen atoms in total. The van der Waals surface area contributed by atoms with Gasteiger partial charge in [-0.05, 0) is 61.3 Å². The number of fused-ring (bicyclic) bond motifs is 2. The first-order chi connectivity index (χ1) is 17.7. The van der Waals surface area contributed by atoms with E-state index in [1.807, 2.05) is 18.3 Å². The lowest BCUT2D eigenvalue weighted by molar-refractivity contribution is 0.0789. The van der Waals surface area contributed by atoms with Crippen LogP contribution in [0.5, 0.6) is 0 Å². The summed E-state index contributed by atoms with van der Waals surface area (Å²) >= 11 is 0. The Morgan fingerprint density at radius 1 is 1.11 bits per heavy atom. The van der Waals surface area contributed by atoms with Crippen LogP contribution in [0.25, 0.3) is 0 Å². The van der Waals surface area contributed by atoms with Gasteiger partial charge >= 0.3 is 6.09 Å². The average molecular weight is 491 g/mol. The quantitative estimate of drug-likeness (QED) is 0.541. The minimum Gasteiger partial charge on any atom is -0.465 e. The fraction of sp³-hybridized carbons (Fsp3) is 0.517. The molecule has 1 aromatic heterocycles. The fourth-order valence-electron chi connectivity index (χ4n) is 5.94. The SMILES string of the molecule is O=C(O)N1Cc2ccccc2C[C@@H]1CN(C/C=C/CNC1CCOCC1)[C@H]1CCCc2cccnc21. The lowest BCUT2D eigenvalue weighted by Crippen LogP contribution is -2.50. The zero-order valence-corrected chi connectivity index (χ0v) is 21.0. The van der Waals surface area contributed by atoms with Gasteiger partial charge in [-0.1, -0.05) is 42.5 Å². The van der Waals surface area contributed by atoms with Crippen molar-refractivity contribution in [1.29, 1.82) is 0 Å². The summed E-state index contributed by atoms with van der Waals surface area (Å²) in [6.45, 7) is 4.45. The maximum atomic E-state index is 12.2. The predicted octanol–water partition coefficient (Wildman–Crippen LogP) is 4.19. The Morgan fingerprint density at radius 3 is 2.75 bits per heavy atom. The number of hydrogen-bond acceptors (Lipinski definition) is 5. The molecular formula is C29H38N4O3. The molecule has 0 saturated carbocycles. The summed E-state index contributed by atoms with van der Waals surface area (Å²) in [7, 11) is 0. The highest BCUT2D eigenvalue weighted by molar-refractivity contribution is 5.66. The Morgan fingerprint density at radius 2 is 1.92 bits per heavy atom. The monoisotopic (exact) mass is 490 g/mol. The van der Waals surface area contributed by atoms with Gasteiger partial charge < -0.3 is 15.2 Å². The van der Waals surface area contributed by atoms with Gasteiger partial charge in [0.15, 0.2) is 0 Å². The fourth-order valence-corrected chi connectivity index (χ4v) is 5.94. The van der Waals surface area contributed by atoms with Gasteiger partial charge in [0, 0.05) is 51.6 Å². The molecule has 192 valence electrons. The van der Waals surface area contributed by atoms with Crippen molar-refractivity contribution in [1.82, 2.24) is 20.1 Å². The number of aryl methyl sites for hydroxylation is 1. The number of carboxylic acid groups (broad SMARTS) is 1. The summed E-state index contributed by atoms with van der Waals surface area (Å²) in [5.41, 5.74) is 4.87. The van der Waals surface area contributed by atoms with Crippen LogP contribution in [0.1, 0.15) is 54.1 Å². The standard InChI is InChI=1S/C29H38N4O3/c34-29(35)33-20-24-8-2-1-7-23(24)19-26(33)21-32(16-4-3-14-30-25-12-17-36-18-13-25)27-11-5-9-22-10-6-15-31-28(22)27/h1-4,6-8,10,15,25-27,30H,5,9,11-14,16-21H2,(H,34,35)/b4-3+/t26-,27+/m1/s1. The molecule has 0 spiro atoms. The Hall–Kier alpha value is -2.74. The van der Waals surface area contributed by atoms with Crippen LogP contribution in [-0.2, 0) is 24.1 Å². The van der Waals surface area contributed by atoms with Gasteiger partial charge in [-0.3, -0.25) is 14.8 Å². The molecule has 0 radical (unpaired) electrons. The number of rotatable bonds is 8. The van der Waals surface area contributed by atoms with Crippen LogP contribution in [0, 0.1) is 0 Å². The number of carbonyl (C=O) groups is 1. The first-order valence-corrected chi connectivity index (χ1v) is 13.4. The van der Waals surface area contributed by atoms with Gasteiger partial charge in [0.25, 0.3) is 0 Å². The van der Waals surface area contributed by atoms with Gasteiger partial charge in [-0.2, -0.15) is 0 Å². The molecule has 1 aromatic carbocycles. The second-order valence-electron chi connectivity index (χ2n) is 10.2. The summed E-state index contributed by atoms with van der Waals surface area (Å²) in [4.78, 5) is 21.1. The normalized spacial score (nSPS) is 22.5. The van der Waals surface area contributed by atoms with E-state index in [9.17, 15) is 9.90 Å². The van der Waals surface area contributed by atoms with E-state index in [0.717, 1.165) is 76.1 Å². The highest BCUT2D eigenvalue weighted by Gasteiger charge is 2.34. The molecule has 1 saturated heterocycles. The Labute approximate surface area is 214 Å². The minimum atomic E-state index is -0.840. The molecule has 2 N–H and O–H groups in total. The molecule has 7 heteroatoms. The van der Waals surface area contributed by atoms with Crippen LogP contribution in [0.15, 0.2) is 54.7 Å². The van der Waals surface area contributed by atoms with Crippen molar-refractivity contribution in [3.05, 3.63) is 77.1 Å². The van der Waals surface area contributed by atoms with Gasteiger partial charge in [-0.25, -0.2) is 4.79 Å². The molecule has 1 amide bonds. The van der Waals surface area contributed by atoms with Crippen molar-refractivity contribution < 1.29 is 14.6 Å². The maximum absolute atomic E-state index is 12.2. The van der Waals surface area contributed by atoms with E-state index in [-0.39, 0.29) is 12.1 Å². The van der Waals surface area contributed by atoms with E-state index in [1.165, 1.54) is 11.1 Å². The van der Waals surface area contributed by atoms with Crippen molar-refractivity contribution in [3.63, 3.8) is 0 Å². The van der Waals surface area contributed by atoms with Crippen molar-refractivity contribution in [2.24, 2.45) is 0 Å². The van der Waals surface area contributed by atoms with E-state index in [1.54, 1.807) is 4.90 Å². The predicted molar refractivity (Wildman–Crippen MR) is 140 cm³/mol. The maximum Gasteiger partial charge on any atom is 0.407 e. The molecule has 2 aliphatic heterocycles. The second-order valence-corrected chi connectivity index (χ2v) is 10.2. The first-order valence-electron chi connectivity index (χ1n) is 13.4. The highest BCUT2D eigenvalue weighted by Crippen LogP contribution is 2.34. The third kappa shape index (κ3) is 5.97. The third-order valence-corrected chi connectivity index (χ3v) is 7.90. The van der Waals surface area contributed by atoms with Crippen molar-refractivity contribution in [3.8, 4) is 0 Å². The topological polar surface area (TPSA) is 77.9 Å². The largest absolute Gasteiger partial charge is 0.465 e. The molecule has 0 bridgehead atoms. The molecule has 3 heterocycles. The van der Waals surface area contributed by atoms with Crippen LogP contribution in [0.4, 0.5) is 4.79 Å². The Bertz CT molecular complexity index is 1050. The lowest BCUT2D eigenvalue weighted by Gasteiger charge is -2.41. The van der Waals surface area contributed by atoms with Crippen LogP contribution < -0.4 is 5.32 Å². The number of benzene rings is 1. The van der Waals surface area contributed by atoms with Gasteiger partial charge in [0.1, 0.15) is 0 Å². The zero-order valence-electron chi connectivity index (χ0n) is 21.0. The van der Waals surface area contributed by atoms with E-state index < -0.39 is 6.09 Å². The van der Waals surface area contributed by atoms with Crippen molar-refractivity contribution in [2.45, 2.75) is 63.2 Å². The number of hydrogen-bond donors (Lipinski definition) is 2. The second kappa shape index (κ2) is 12.0. The molecule has 1 fully saturated rings. The number of nitrogens with one attached hydrogen (secondary N) is 1. The van der Waals surface area contributed by atoms with Crippen LogP contribution in [0.2, 0.25) is 0 Å². The summed E-state index contributed by atoms with van der Waals surface area (Å²) in [5.74, 6) is 0. The number of nitrogens with zero attached hydrogens (tertiary/aromatic N) is 3. The molecule has 2 atom stereocenters. The van der Waals surface area contributed by atoms with Gasteiger partial charge in [0.2, 0.25) is 0 Å². The van der Waals surface area contributed by atoms with E-state index in [2.05, 4.69) is 46.6 Å². The van der Waals surface area contributed by atoms with Crippen LogP contribution in [-0.4, -0.2) is 70.9 Å². The number of ether oxygens (including phenoxy) is 1. The summed E-state index contributed by atoms with van der Waals surface area (Å²) in [6.07, 6.45) is 11.6. The lowest BCUT2D eigenvalue weighted by atomic mass is 9.89. The zero-order chi connectivity index (χ0) is 24.7. The Kier molecular flexibility index (Phi) is 8.31. The number of pyridine rings is 1. The summed E-state index contributed by atoms with van der Waals surface area (Å²) in [5, 5.41) is 13.7.